The second-order valence-electron chi connectivity index (χ2n) is 5.79. The number of rotatable bonds is 7. The Kier molecular flexibility index (Phi) is 7.27. The summed E-state index contributed by atoms with van der Waals surface area (Å²) in [7, 11) is 1.44. The number of methoxy groups -OCH3 is 1. The molecule has 0 atom stereocenters. The van der Waals surface area contributed by atoms with Gasteiger partial charge >= 0.3 is 5.97 Å². The standard InChI is InChI=1S/C20H20N2O6/c1-13(23)15-8-9-17(27-2)16(10-15)11-19(25)28-12-18(24)21-22-20(26)14-6-4-3-5-7-14/h3-10H,11-12H2,1-2H3,(H,21,24)(H,22,26). The Labute approximate surface area is 161 Å². The van der Waals surface area contributed by atoms with Gasteiger partial charge in [0.2, 0.25) is 0 Å². The molecule has 2 aromatic carbocycles. The fraction of sp³-hybridized carbons (Fsp3) is 0.200. The molecule has 0 bridgehead atoms. The minimum absolute atomic E-state index is 0.147. The van der Waals surface area contributed by atoms with Gasteiger partial charge in [0, 0.05) is 16.7 Å². The van der Waals surface area contributed by atoms with Crippen molar-refractivity contribution < 1.29 is 28.7 Å². The lowest BCUT2D eigenvalue weighted by molar-refractivity contribution is -0.148. The van der Waals surface area contributed by atoms with Crippen LogP contribution >= 0.6 is 0 Å². The Bertz CT molecular complexity index is 880. The van der Waals surface area contributed by atoms with E-state index in [-0.39, 0.29) is 12.2 Å². The lowest BCUT2D eigenvalue weighted by Gasteiger charge is -2.10. The van der Waals surface area contributed by atoms with Gasteiger partial charge in [0.05, 0.1) is 13.5 Å². The van der Waals surface area contributed by atoms with Crippen molar-refractivity contribution in [3.63, 3.8) is 0 Å². The fourth-order valence-corrected chi connectivity index (χ4v) is 2.31. The van der Waals surface area contributed by atoms with Crippen molar-refractivity contribution in [3.8, 4) is 5.75 Å². The molecule has 2 N–H and O–H groups in total. The van der Waals surface area contributed by atoms with E-state index in [4.69, 9.17) is 9.47 Å². The van der Waals surface area contributed by atoms with E-state index in [9.17, 15) is 19.2 Å². The van der Waals surface area contributed by atoms with Crippen LogP contribution in [0.4, 0.5) is 0 Å². The first-order chi connectivity index (χ1) is 13.4. The van der Waals surface area contributed by atoms with Crippen molar-refractivity contribution in [3.05, 3.63) is 65.2 Å². The quantitative estimate of drug-likeness (QED) is 0.425. The summed E-state index contributed by atoms with van der Waals surface area (Å²) in [6, 6.07) is 13.0. The Balaban J connectivity index is 1.83. The molecule has 0 spiro atoms. The molecule has 8 heteroatoms. The molecule has 0 saturated carbocycles. The van der Waals surface area contributed by atoms with E-state index in [1.807, 2.05) is 0 Å². The predicted molar refractivity (Wildman–Crippen MR) is 99.7 cm³/mol. The first-order valence-corrected chi connectivity index (χ1v) is 8.38. The van der Waals surface area contributed by atoms with Crippen LogP contribution in [0.3, 0.4) is 0 Å². The smallest absolute Gasteiger partial charge is 0.310 e. The molecule has 0 aliphatic carbocycles. The highest BCUT2D eigenvalue weighted by molar-refractivity contribution is 5.96. The van der Waals surface area contributed by atoms with E-state index in [1.165, 1.54) is 14.0 Å². The zero-order valence-electron chi connectivity index (χ0n) is 15.5. The Morgan fingerprint density at radius 3 is 2.29 bits per heavy atom. The third kappa shape index (κ3) is 5.94. The van der Waals surface area contributed by atoms with Gasteiger partial charge < -0.3 is 9.47 Å². The second kappa shape index (κ2) is 9.86. The van der Waals surface area contributed by atoms with E-state index < -0.39 is 24.4 Å². The summed E-state index contributed by atoms with van der Waals surface area (Å²) in [5.74, 6) is -1.58. The summed E-state index contributed by atoms with van der Waals surface area (Å²) in [5.41, 5.74) is 5.66. The van der Waals surface area contributed by atoms with Crippen LogP contribution in [-0.4, -0.2) is 37.3 Å². The molecule has 2 amide bonds. The van der Waals surface area contributed by atoms with Crippen molar-refractivity contribution in [2.24, 2.45) is 0 Å². The summed E-state index contributed by atoms with van der Waals surface area (Å²) < 4.78 is 10.1. The van der Waals surface area contributed by atoms with Crippen LogP contribution in [0.15, 0.2) is 48.5 Å². The lowest BCUT2D eigenvalue weighted by Crippen LogP contribution is -2.43. The average molecular weight is 384 g/mol. The molecule has 8 nitrogen and oxygen atoms in total. The molecule has 0 aliphatic rings. The Morgan fingerprint density at radius 2 is 1.64 bits per heavy atom. The van der Waals surface area contributed by atoms with Gasteiger partial charge in [-0.25, -0.2) is 0 Å². The first kappa shape index (κ1) is 20.6. The number of Topliss-reactive ketones (excluding diaryl/α,β-unsaturated/α-hetero) is 1. The molecule has 0 unspecified atom stereocenters. The van der Waals surface area contributed by atoms with E-state index in [0.29, 0.717) is 22.4 Å². The molecule has 0 aromatic heterocycles. The van der Waals surface area contributed by atoms with Crippen LogP contribution in [0, 0.1) is 0 Å². The molecular formula is C20H20N2O6. The Hall–Kier alpha value is -3.68. The summed E-state index contributed by atoms with van der Waals surface area (Å²) in [6.45, 7) is 0.848. The van der Waals surface area contributed by atoms with Crippen molar-refractivity contribution in [1.82, 2.24) is 10.9 Å². The third-order valence-electron chi connectivity index (χ3n) is 3.74. The summed E-state index contributed by atoms with van der Waals surface area (Å²) >= 11 is 0. The predicted octanol–water partition coefficient (Wildman–Crippen LogP) is 1.44. The van der Waals surface area contributed by atoms with Crippen molar-refractivity contribution >= 4 is 23.6 Å². The number of nitrogens with one attached hydrogen (secondary N) is 2. The van der Waals surface area contributed by atoms with Crippen LogP contribution < -0.4 is 15.6 Å². The van der Waals surface area contributed by atoms with Crippen LogP contribution in [0.2, 0.25) is 0 Å². The molecule has 0 heterocycles. The number of benzene rings is 2. The van der Waals surface area contributed by atoms with Crippen LogP contribution in [0.1, 0.15) is 33.2 Å². The highest BCUT2D eigenvalue weighted by atomic mass is 16.5. The molecule has 0 aliphatic heterocycles. The topological polar surface area (TPSA) is 111 Å². The first-order valence-electron chi connectivity index (χ1n) is 8.38. The number of amides is 2. The van der Waals surface area contributed by atoms with Gasteiger partial charge in [0.1, 0.15) is 5.75 Å². The fourth-order valence-electron chi connectivity index (χ4n) is 2.31. The zero-order chi connectivity index (χ0) is 20.5. The molecule has 2 rings (SSSR count). The number of hydrogen-bond donors (Lipinski definition) is 2. The van der Waals surface area contributed by atoms with Gasteiger partial charge in [-0.1, -0.05) is 18.2 Å². The number of ketones is 1. The van der Waals surface area contributed by atoms with Crippen LogP contribution in [-0.2, 0) is 20.7 Å². The highest BCUT2D eigenvalue weighted by Gasteiger charge is 2.14. The third-order valence-corrected chi connectivity index (χ3v) is 3.74. The molecule has 146 valence electrons. The molecule has 0 saturated heterocycles. The number of carbonyl (C=O) groups is 4. The van der Waals surface area contributed by atoms with Gasteiger partial charge in [-0.3, -0.25) is 30.0 Å². The van der Waals surface area contributed by atoms with E-state index >= 15 is 0 Å². The van der Waals surface area contributed by atoms with Gasteiger partial charge in [-0.15, -0.1) is 0 Å². The molecular weight excluding hydrogens is 364 g/mol. The van der Waals surface area contributed by atoms with Crippen LogP contribution in [0.25, 0.3) is 0 Å². The van der Waals surface area contributed by atoms with E-state index in [1.54, 1.807) is 48.5 Å². The maximum atomic E-state index is 12.0. The van der Waals surface area contributed by atoms with Crippen molar-refractivity contribution in [2.45, 2.75) is 13.3 Å². The normalized spacial score (nSPS) is 9.93. The van der Waals surface area contributed by atoms with Crippen LogP contribution in [0.5, 0.6) is 5.75 Å². The average Bonchev–Trinajstić information content (AvgIpc) is 2.71. The van der Waals surface area contributed by atoms with E-state index in [0.717, 1.165) is 0 Å². The number of hydrazine groups is 1. The molecule has 0 fully saturated rings. The molecule has 0 radical (unpaired) electrons. The van der Waals surface area contributed by atoms with Crippen molar-refractivity contribution in [1.29, 1.82) is 0 Å². The maximum absolute atomic E-state index is 12.0. The highest BCUT2D eigenvalue weighted by Crippen LogP contribution is 2.21. The van der Waals surface area contributed by atoms with Gasteiger partial charge in [0.25, 0.3) is 11.8 Å². The largest absolute Gasteiger partial charge is 0.496 e. The minimum Gasteiger partial charge on any atom is -0.496 e. The number of hydrogen-bond acceptors (Lipinski definition) is 6. The lowest BCUT2D eigenvalue weighted by atomic mass is 10.0. The summed E-state index contributed by atoms with van der Waals surface area (Å²) in [6.07, 6.45) is -0.173. The Morgan fingerprint density at radius 1 is 0.929 bits per heavy atom. The van der Waals surface area contributed by atoms with Gasteiger partial charge in [-0.2, -0.15) is 0 Å². The number of esters is 1. The zero-order valence-corrected chi connectivity index (χ0v) is 15.5. The monoisotopic (exact) mass is 384 g/mol. The summed E-state index contributed by atoms with van der Waals surface area (Å²) in [5, 5.41) is 0. The molecule has 2 aromatic rings. The molecule has 28 heavy (non-hydrogen) atoms. The minimum atomic E-state index is -0.693. The SMILES string of the molecule is COc1ccc(C(C)=O)cc1CC(=O)OCC(=O)NNC(=O)c1ccccc1. The van der Waals surface area contributed by atoms with Crippen molar-refractivity contribution in [2.75, 3.05) is 13.7 Å². The van der Waals surface area contributed by atoms with Gasteiger partial charge in [-0.05, 0) is 37.3 Å². The summed E-state index contributed by atoms with van der Waals surface area (Å²) in [4.78, 5) is 47.0. The number of ether oxygens (including phenoxy) is 2. The second-order valence-corrected chi connectivity index (χ2v) is 5.79. The van der Waals surface area contributed by atoms with E-state index in [2.05, 4.69) is 10.9 Å². The number of carbonyl (C=O) groups excluding carboxylic acids is 4. The maximum Gasteiger partial charge on any atom is 0.310 e. The van der Waals surface area contributed by atoms with Gasteiger partial charge in [0.15, 0.2) is 12.4 Å².